The SMILES string of the molecule is CC.CCC1CCCCC1.CCCCC(C)CC. The van der Waals surface area contributed by atoms with E-state index < -0.39 is 0 Å². The minimum atomic E-state index is 0.954. The van der Waals surface area contributed by atoms with Crippen LogP contribution in [0.3, 0.4) is 0 Å². The predicted octanol–water partition coefficient (Wildman–Crippen LogP) is 7.23. The predicted molar refractivity (Wildman–Crippen MR) is 87.2 cm³/mol. The highest BCUT2D eigenvalue weighted by Gasteiger charge is 2.09. The number of hydrogen-bond donors (Lipinski definition) is 0. The zero-order valence-electron chi connectivity index (χ0n) is 14.2. The molecule has 1 atom stereocenters. The van der Waals surface area contributed by atoms with Crippen LogP contribution in [0.2, 0.25) is 0 Å². The highest BCUT2D eigenvalue weighted by atomic mass is 14.2. The summed E-state index contributed by atoms with van der Waals surface area (Å²) in [6.45, 7) is 13.2. The minimum absolute atomic E-state index is 0.954. The second kappa shape index (κ2) is 17.0. The Morgan fingerprint density at radius 2 is 1.50 bits per heavy atom. The van der Waals surface area contributed by atoms with Gasteiger partial charge in [0.05, 0.1) is 0 Å². The van der Waals surface area contributed by atoms with Crippen LogP contribution < -0.4 is 0 Å². The van der Waals surface area contributed by atoms with Crippen LogP contribution in [0, 0.1) is 11.8 Å². The Morgan fingerprint density at radius 1 is 0.944 bits per heavy atom. The lowest BCUT2D eigenvalue weighted by Gasteiger charge is -2.18. The molecule has 0 aromatic rings. The Hall–Kier alpha value is 0. The zero-order chi connectivity index (χ0) is 14.2. The molecule has 0 nitrogen and oxygen atoms in total. The van der Waals surface area contributed by atoms with Crippen molar-refractivity contribution in [1.29, 1.82) is 0 Å². The molecule has 0 aromatic heterocycles. The summed E-state index contributed by atoms with van der Waals surface area (Å²) in [4.78, 5) is 0. The van der Waals surface area contributed by atoms with E-state index in [9.17, 15) is 0 Å². The molecule has 18 heavy (non-hydrogen) atoms. The van der Waals surface area contributed by atoms with Gasteiger partial charge in [0.1, 0.15) is 0 Å². The first-order valence-corrected chi connectivity index (χ1v) is 8.74. The van der Waals surface area contributed by atoms with Gasteiger partial charge in [0.2, 0.25) is 0 Å². The van der Waals surface area contributed by atoms with Gasteiger partial charge < -0.3 is 0 Å². The van der Waals surface area contributed by atoms with E-state index >= 15 is 0 Å². The van der Waals surface area contributed by atoms with Gasteiger partial charge in [0.25, 0.3) is 0 Å². The summed E-state index contributed by atoms with van der Waals surface area (Å²) in [5.41, 5.74) is 0. The van der Waals surface area contributed by atoms with Crippen molar-refractivity contribution in [3.8, 4) is 0 Å². The van der Waals surface area contributed by atoms with Crippen molar-refractivity contribution in [3.63, 3.8) is 0 Å². The molecule has 1 saturated carbocycles. The monoisotopic (exact) mass is 256 g/mol. The molecular formula is C18H40. The molecule has 1 unspecified atom stereocenters. The van der Waals surface area contributed by atoms with E-state index in [0.717, 1.165) is 11.8 Å². The topological polar surface area (TPSA) is 0 Å². The molecule has 0 amide bonds. The minimum Gasteiger partial charge on any atom is -0.0683 e. The first-order valence-electron chi connectivity index (χ1n) is 8.74. The molecule has 1 rings (SSSR count). The molecule has 0 aromatic carbocycles. The maximum absolute atomic E-state index is 2.33. The average molecular weight is 257 g/mol. The summed E-state index contributed by atoms with van der Waals surface area (Å²) in [6, 6.07) is 0. The van der Waals surface area contributed by atoms with Crippen LogP contribution in [0.4, 0.5) is 0 Å². The molecule has 0 bridgehead atoms. The van der Waals surface area contributed by atoms with Gasteiger partial charge in [-0.25, -0.2) is 0 Å². The Morgan fingerprint density at radius 3 is 1.83 bits per heavy atom. The second-order valence-corrected chi connectivity index (χ2v) is 5.57. The largest absolute Gasteiger partial charge is 0.0683 e. The first-order chi connectivity index (χ1) is 8.74. The fraction of sp³-hybridized carbons (Fsp3) is 1.00. The summed E-state index contributed by atoms with van der Waals surface area (Å²) in [6.07, 6.45) is 14.5. The number of hydrogen-bond acceptors (Lipinski definition) is 0. The Balaban J connectivity index is 0. The molecule has 1 aliphatic carbocycles. The third kappa shape index (κ3) is 14.1. The molecule has 0 spiro atoms. The molecular weight excluding hydrogens is 216 g/mol. The molecule has 0 heteroatoms. The van der Waals surface area contributed by atoms with Crippen molar-refractivity contribution in [2.24, 2.45) is 11.8 Å². The van der Waals surface area contributed by atoms with Crippen LogP contribution in [-0.2, 0) is 0 Å². The standard InChI is InChI=1S/C8H16.C8H18.C2H6/c1-2-8-6-4-3-5-7-8;1-4-6-7-8(3)5-2;1-2/h8H,2-7H2,1H3;8H,4-7H2,1-3H3;1-2H3. The lowest BCUT2D eigenvalue weighted by atomic mass is 9.88. The van der Waals surface area contributed by atoms with Crippen LogP contribution in [0.25, 0.3) is 0 Å². The summed E-state index contributed by atoms with van der Waals surface area (Å²) in [7, 11) is 0. The van der Waals surface area contributed by atoms with Gasteiger partial charge in [0, 0.05) is 0 Å². The zero-order valence-corrected chi connectivity index (χ0v) is 14.2. The van der Waals surface area contributed by atoms with Crippen LogP contribution in [0.5, 0.6) is 0 Å². The quantitative estimate of drug-likeness (QED) is 0.487. The van der Waals surface area contributed by atoms with Crippen LogP contribution in [-0.4, -0.2) is 0 Å². The lowest BCUT2D eigenvalue weighted by Crippen LogP contribution is -2.03. The fourth-order valence-corrected chi connectivity index (χ4v) is 2.35. The second-order valence-electron chi connectivity index (χ2n) is 5.57. The van der Waals surface area contributed by atoms with Gasteiger partial charge in [-0.1, -0.05) is 106 Å². The normalized spacial score (nSPS) is 17.0. The maximum atomic E-state index is 2.33. The molecule has 1 fully saturated rings. The van der Waals surface area contributed by atoms with E-state index in [1.807, 2.05) is 13.8 Å². The van der Waals surface area contributed by atoms with Crippen molar-refractivity contribution in [1.82, 2.24) is 0 Å². The van der Waals surface area contributed by atoms with Crippen molar-refractivity contribution in [2.75, 3.05) is 0 Å². The smallest absolute Gasteiger partial charge is 0.0417 e. The van der Waals surface area contributed by atoms with Gasteiger partial charge in [-0.15, -0.1) is 0 Å². The van der Waals surface area contributed by atoms with Crippen LogP contribution in [0.1, 0.15) is 106 Å². The van der Waals surface area contributed by atoms with E-state index in [4.69, 9.17) is 0 Å². The van der Waals surface area contributed by atoms with Gasteiger partial charge in [-0.3, -0.25) is 0 Å². The lowest BCUT2D eigenvalue weighted by molar-refractivity contribution is 0.349. The molecule has 0 N–H and O–H groups in total. The molecule has 0 heterocycles. The van der Waals surface area contributed by atoms with E-state index in [0.29, 0.717) is 0 Å². The number of rotatable bonds is 5. The van der Waals surface area contributed by atoms with E-state index in [1.54, 1.807) is 0 Å². The van der Waals surface area contributed by atoms with Crippen molar-refractivity contribution < 1.29 is 0 Å². The molecule has 1 aliphatic rings. The Kier molecular flexibility index (Phi) is 19.2. The average Bonchev–Trinajstić information content (AvgIpc) is 2.48. The molecule has 0 aliphatic heterocycles. The van der Waals surface area contributed by atoms with Gasteiger partial charge in [-0.05, 0) is 11.8 Å². The van der Waals surface area contributed by atoms with Gasteiger partial charge >= 0.3 is 0 Å². The summed E-state index contributed by atoms with van der Waals surface area (Å²) >= 11 is 0. The van der Waals surface area contributed by atoms with E-state index in [2.05, 4.69) is 27.7 Å². The maximum Gasteiger partial charge on any atom is -0.0417 e. The highest BCUT2D eigenvalue weighted by molar-refractivity contribution is 4.63. The molecule has 0 radical (unpaired) electrons. The number of unbranched alkanes of at least 4 members (excludes halogenated alkanes) is 1. The van der Waals surface area contributed by atoms with Crippen LogP contribution >= 0.6 is 0 Å². The summed E-state index contributed by atoms with van der Waals surface area (Å²) in [5, 5.41) is 0. The van der Waals surface area contributed by atoms with E-state index in [1.165, 1.54) is 64.2 Å². The molecule has 112 valence electrons. The third-order valence-corrected chi connectivity index (χ3v) is 4.05. The molecule has 0 saturated heterocycles. The van der Waals surface area contributed by atoms with Crippen LogP contribution in [0.15, 0.2) is 0 Å². The highest BCUT2D eigenvalue weighted by Crippen LogP contribution is 2.25. The first kappa shape index (κ1) is 20.3. The van der Waals surface area contributed by atoms with Gasteiger partial charge in [-0.2, -0.15) is 0 Å². The van der Waals surface area contributed by atoms with Crippen molar-refractivity contribution in [2.45, 2.75) is 106 Å². The summed E-state index contributed by atoms with van der Waals surface area (Å²) < 4.78 is 0. The summed E-state index contributed by atoms with van der Waals surface area (Å²) in [5.74, 6) is 2.04. The van der Waals surface area contributed by atoms with E-state index in [-0.39, 0.29) is 0 Å². The Labute approximate surface area is 118 Å². The van der Waals surface area contributed by atoms with Gasteiger partial charge in [0.15, 0.2) is 0 Å². The third-order valence-electron chi connectivity index (χ3n) is 4.05. The fourth-order valence-electron chi connectivity index (χ4n) is 2.35. The van der Waals surface area contributed by atoms with Crippen molar-refractivity contribution >= 4 is 0 Å². The Bertz CT molecular complexity index is 122. The van der Waals surface area contributed by atoms with Crippen molar-refractivity contribution in [3.05, 3.63) is 0 Å².